The quantitative estimate of drug-likeness (QED) is 0.776. The maximum atomic E-state index is 12.9. The van der Waals surface area contributed by atoms with Gasteiger partial charge in [-0.3, -0.25) is 9.78 Å². The van der Waals surface area contributed by atoms with Crippen LogP contribution in [0.3, 0.4) is 0 Å². The van der Waals surface area contributed by atoms with Gasteiger partial charge in [-0.2, -0.15) is 13.2 Å². The molecule has 28 heavy (non-hydrogen) atoms. The van der Waals surface area contributed by atoms with Crippen LogP contribution in [0.5, 0.6) is 0 Å². The summed E-state index contributed by atoms with van der Waals surface area (Å²) in [6, 6.07) is 10.7. The Hall–Kier alpha value is -2.41. The predicted molar refractivity (Wildman–Crippen MR) is 101 cm³/mol. The largest absolute Gasteiger partial charge is 0.416 e. The van der Waals surface area contributed by atoms with Crippen LogP contribution in [0, 0.1) is 0 Å². The zero-order chi connectivity index (χ0) is 20.1. The van der Waals surface area contributed by atoms with E-state index in [0.29, 0.717) is 13.1 Å². The van der Waals surface area contributed by atoms with Crippen molar-refractivity contribution in [3.8, 4) is 0 Å². The first kappa shape index (κ1) is 20.3. The number of likely N-dealkylation sites (tertiary alicyclic amines) is 1. The number of benzene rings is 1. The van der Waals surface area contributed by atoms with Crippen molar-refractivity contribution >= 4 is 5.91 Å². The Morgan fingerprint density at radius 1 is 1.25 bits per heavy atom. The molecule has 1 saturated heterocycles. The van der Waals surface area contributed by atoms with E-state index in [1.165, 1.54) is 12.1 Å². The second-order valence-electron chi connectivity index (χ2n) is 7.18. The number of hydrogen-bond acceptors (Lipinski definition) is 3. The Labute approximate surface area is 163 Å². The van der Waals surface area contributed by atoms with Gasteiger partial charge in [0.05, 0.1) is 5.56 Å². The minimum absolute atomic E-state index is 0.0895. The van der Waals surface area contributed by atoms with Gasteiger partial charge < -0.3 is 9.80 Å². The molecule has 3 rings (SSSR count). The van der Waals surface area contributed by atoms with Gasteiger partial charge in [-0.25, -0.2) is 0 Å². The molecule has 0 spiro atoms. The van der Waals surface area contributed by atoms with E-state index in [1.807, 2.05) is 25.2 Å². The molecule has 1 aliphatic heterocycles. The third-order valence-corrected chi connectivity index (χ3v) is 5.19. The zero-order valence-electron chi connectivity index (χ0n) is 15.8. The summed E-state index contributed by atoms with van der Waals surface area (Å²) in [5.74, 6) is -0.339. The van der Waals surface area contributed by atoms with E-state index in [9.17, 15) is 18.0 Å². The minimum atomic E-state index is -4.45. The molecule has 1 amide bonds. The van der Waals surface area contributed by atoms with Crippen molar-refractivity contribution in [3.05, 3.63) is 65.5 Å². The van der Waals surface area contributed by atoms with Crippen LogP contribution in [0.25, 0.3) is 0 Å². The Balaban J connectivity index is 1.62. The van der Waals surface area contributed by atoms with Crippen molar-refractivity contribution in [2.75, 3.05) is 26.7 Å². The molecule has 150 valence electrons. The molecule has 0 saturated carbocycles. The van der Waals surface area contributed by atoms with Gasteiger partial charge in [0.1, 0.15) is 0 Å². The molecule has 1 aromatic heterocycles. The summed E-state index contributed by atoms with van der Waals surface area (Å²) in [6.45, 7) is 1.90. The molecular formula is C21H24F3N3O. The summed E-state index contributed by atoms with van der Waals surface area (Å²) in [5, 5.41) is 0. The summed E-state index contributed by atoms with van der Waals surface area (Å²) >= 11 is 0. The second-order valence-corrected chi connectivity index (χ2v) is 7.18. The van der Waals surface area contributed by atoms with Gasteiger partial charge in [0.25, 0.3) is 5.91 Å². The molecule has 1 aliphatic rings. The summed E-state index contributed by atoms with van der Waals surface area (Å²) in [4.78, 5) is 21.0. The maximum Gasteiger partial charge on any atom is 0.416 e. The highest BCUT2D eigenvalue weighted by molar-refractivity contribution is 5.94. The number of rotatable bonds is 5. The lowest BCUT2D eigenvalue weighted by Gasteiger charge is -2.37. The van der Waals surface area contributed by atoms with Crippen molar-refractivity contribution in [1.82, 2.24) is 14.8 Å². The lowest BCUT2D eigenvalue weighted by molar-refractivity contribution is -0.137. The van der Waals surface area contributed by atoms with Crippen LogP contribution in [0.4, 0.5) is 13.2 Å². The Morgan fingerprint density at radius 2 is 2.07 bits per heavy atom. The van der Waals surface area contributed by atoms with Crippen molar-refractivity contribution in [2.45, 2.75) is 31.5 Å². The molecule has 4 nitrogen and oxygen atoms in total. The van der Waals surface area contributed by atoms with Gasteiger partial charge in [0.2, 0.25) is 0 Å². The SMILES string of the molecule is CN(CCc1ccccn1)[C@H]1CCCN(C(=O)c2cccc(C(F)(F)F)c2)C1. The summed E-state index contributed by atoms with van der Waals surface area (Å²) < 4.78 is 38.8. The number of alkyl halides is 3. The van der Waals surface area contributed by atoms with Crippen LogP contribution in [0.2, 0.25) is 0 Å². The van der Waals surface area contributed by atoms with Gasteiger partial charge in [-0.1, -0.05) is 12.1 Å². The molecule has 0 unspecified atom stereocenters. The number of carbonyl (C=O) groups is 1. The van der Waals surface area contributed by atoms with Crippen molar-refractivity contribution in [2.24, 2.45) is 0 Å². The highest BCUT2D eigenvalue weighted by atomic mass is 19.4. The Morgan fingerprint density at radius 3 is 2.79 bits per heavy atom. The van der Waals surface area contributed by atoms with Crippen molar-refractivity contribution in [3.63, 3.8) is 0 Å². The number of halogens is 3. The number of aromatic nitrogens is 1. The second kappa shape index (κ2) is 8.73. The molecule has 2 heterocycles. The molecular weight excluding hydrogens is 367 g/mol. The topological polar surface area (TPSA) is 36.4 Å². The molecule has 0 radical (unpaired) electrons. The number of nitrogens with zero attached hydrogens (tertiary/aromatic N) is 3. The first-order chi connectivity index (χ1) is 13.3. The van der Waals surface area contributed by atoms with E-state index in [2.05, 4.69) is 9.88 Å². The fraction of sp³-hybridized carbons (Fsp3) is 0.429. The highest BCUT2D eigenvalue weighted by Gasteiger charge is 2.32. The predicted octanol–water partition coefficient (Wildman–Crippen LogP) is 3.88. The van der Waals surface area contributed by atoms with Gasteiger partial charge in [0, 0.05) is 49.6 Å². The van der Waals surface area contributed by atoms with Crippen LogP contribution in [0.15, 0.2) is 48.7 Å². The average Bonchev–Trinajstić information content (AvgIpc) is 2.72. The molecule has 0 N–H and O–H groups in total. The highest BCUT2D eigenvalue weighted by Crippen LogP contribution is 2.30. The van der Waals surface area contributed by atoms with E-state index in [-0.39, 0.29) is 17.5 Å². The van der Waals surface area contributed by atoms with E-state index in [4.69, 9.17) is 0 Å². The van der Waals surface area contributed by atoms with Crippen LogP contribution in [0.1, 0.15) is 34.5 Å². The van der Waals surface area contributed by atoms with Crippen molar-refractivity contribution in [1.29, 1.82) is 0 Å². The van der Waals surface area contributed by atoms with Gasteiger partial charge in [-0.15, -0.1) is 0 Å². The average molecular weight is 391 g/mol. The number of likely N-dealkylation sites (N-methyl/N-ethyl adjacent to an activating group) is 1. The van der Waals surface area contributed by atoms with Crippen LogP contribution in [-0.4, -0.2) is 53.4 Å². The molecule has 0 aliphatic carbocycles. The molecule has 1 atom stereocenters. The first-order valence-corrected chi connectivity index (χ1v) is 9.41. The van der Waals surface area contributed by atoms with Gasteiger partial charge >= 0.3 is 6.18 Å². The standard InChI is InChI=1S/C21H24F3N3O/c1-26(13-10-18-8-2-3-11-25-18)19-9-5-12-27(15-19)20(28)16-6-4-7-17(14-16)21(22,23)24/h2-4,6-8,11,14,19H,5,9-10,12-13,15H2,1H3/t19-/m0/s1. The minimum Gasteiger partial charge on any atom is -0.337 e. The normalized spacial score (nSPS) is 17.8. The number of piperidine rings is 1. The lowest BCUT2D eigenvalue weighted by Crippen LogP contribution is -2.49. The molecule has 1 fully saturated rings. The monoisotopic (exact) mass is 391 g/mol. The first-order valence-electron chi connectivity index (χ1n) is 9.41. The van der Waals surface area contributed by atoms with Crippen LogP contribution >= 0.6 is 0 Å². The van der Waals surface area contributed by atoms with Gasteiger partial charge in [0.15, 0.2) is 0 Å². The number of carbonyl (C=O) groups excluding carboxylic acids is 1. The number of amides is 1. The smallest absolute Gasteiger partial charge is 0.337 e. The molecule has 0 bridgehead atoms. The Bertz CT molecular complexity index is 795. The van der Waals surface area contributed by atoms with Crippen LogP contribution < -0.4 is 0 Å². The van der Waals surface area contributed by atoms with Crippen LogP contribution in [-0.2, 0) is 12.6 Å². The third kappa shape index (κ3) is 5.10. The number of pyridine rings is 1. The maximum absolute atomic E-state index is 12.9. The van der Waals surface area contributed by atoms with Gasteiger partial charge in [-0.05, 0) is 50.2 Å². The summed E-state index contributed by atoms with van der Waals surface area (Å²) in [7, 11) is 2.02. The van der Waals surface area contributed by atoms with E-state index in [0.717, 1.165) is 43.6 Å². The zero-order valence-corrected chi connectivity index (χ0v) is 15.8. The van der Waals surface area contributed by atoms with E-state index >= 15 is 0 Å². The fourth-order valence-corrected chi connectivity index (χ4v) is 3.53. The number of hydrogen-bond donors (Lipinski definition) is 0. The van der Waals surface area contributed by atoms with E-state index < -0.39 is 11.7 Å². The van der Waals surface area contributed by atoms with E-state index in [1.54, 1.807) is 11.1 Å². The molecule has 1 aromatic carbocycles. The lowest BCUT2D eigenvalue weighted by atomic mass is 10.0. The summed E-state index contributed by atoms with van der Waals surface area (Å²) in [5.41, 5.74) is 0.313. The van der Waals surface area contributed by atoms with Crippen molar-refractivity contribution < 1.29 is 18.0 Å². The fourth-order valence-electron chi connectivity index (χ4n) is 3.53. The Kier molecular flexibility index (Phi) is 6.34. The summed E-state index contributed by atoms with van der Waals surface area (Å²) in [6.07, 6.45) is -0.0678. The molecule has 7 heteroatoms. The third-order valence-electron chi connectivity index (χ3n) is 5.19. The molecule has 2 aromatic rings.